The van der Waals surface area contributed by atoms with Crippen LogP contribution in [0.25, 0.3) is 0 Å². The van der Waals surface area contributed by atoms with Gasteiger partial charge < -0.3 is 9.47 Å². The Morgan fingerprint density at radius 1 is 0.725 bits per heavy atom. The fraction of sp³-hybridized carbons (Fsp3) is 0.696. The summed E-state index contributed by atoms with van der Waals surface area (Å²) < 4.78 is 181. The zero-order chi connectivity index (χ0) is 31.2. The van der Waals surface area contributed by atoms with Crippen molar-refractivity contribution >= 4 is 21.9 Å². The fourth-order valence-corrected chi connectivity index (χ4v) is 3.62. The predicted molar refractivity (Wildman–Crippen MR) is 119 cm³/mol. The van der Waals surface area contributed by atoms with E-state index in [1.807, 2.05) is 0 Å². The zero-order valence-corrected chi connectivity index (χ0v) is 22.2. The maximum Gasteiger partial charge on any atom is 0.460 e. The topological polar surface area (TPSA) is 35.5 Å². The number of rotatable bonds is 16. The van der Waals surface area contributed by atoms with Crippen molar-refractivity contribution in [3.05, 3.63) is 28.2 Å². The van der Waals surface area contributed by atoms with Gasteiger partial charge in [-0.3, -0.25) is 0 Å². The minimum absolute atomic E-state index is 0.178. The van der Waals surface area contributed by atoms with E-state index in [2.05, 4.69) is 27.6 Å². The normalized spacial score (nSPS) is 13.9. The van der Waals surface area contributed by atoms with E-state index < -0.39 is 54.8 Å². The second-order valence-corrected chi connectivity index (χ2v) is 9.50. The highest BCUT2D eigenvalue weighted by Crippen LogP contribution is 2.60. The Balaban J connectivity index is 2.82. The van der Waals surface area contributed by atoms with Crippen LogP contribution in [-0.4, -0.2) is 55.0 Å². The average Bonchev–Trinajstić information content (AvgIpc) is 2.82. The molecule has 1 rings (SSSR count). The van der Waals surface area contributed by atoms with Gasteiger partial charge in [0.05, 0.1) is 29.7 Å². The number of hydrogen-bond acceptors (Lipinski definition) is 3. The van der Waals surface area contributed by atoms with Crippen LogP contribution in [0.4, 0.5) is 57.1 Å². The molecule has 0 N–H and O–H groups in total. The van der Waals surface area contributed by atoms with Crippen molar-refractivity contribution in [2.45, 2.75) is 87.7 Å². The Hall–Kier alpha value is -1.94. The van der Waals surface area contributed by atoms with Gasteiger partial charge in [-0.1, -0.05) is 39.0 Å². The van der Waals surface area contributed by atoms with Crippen LogP contribution in [0.1, 0.15) is 62.2 Å². The highest BCUT2D eigenvalue weighted by molar-refractivity contribution is 9.10. The number of carbonyl (C=O) groups excluding carboxylic acids is 1. The average molecular weight is 675 g/mol. The lowest BCUT2D eigenvalue weighted by molar-refractivity contribution is -0.440. The van der Waals surface area contributed by atoms with E-state index in [9.17, 15) is 61.9 Å². The smallest absolute Gasteiger partial charge is 0.460 e. The molecule has 0 fully saturated rings. The summed E-state index contributed by atoms with van der Waals surface area (Å²) in [7, 11) is 0. The Kier molecular flexibility index (Phi) is 12.1. The number of unbranched alkanes of at least 4 members (excludes halogenated alkanes) is 5. The SMILES string of the molecule is CCCCCCCCOc1ccc(C(=O)OCCC(F)(F)C(F)(F)C(F)(F)C(F)(F)C(F)(F)C(F)(F)F)cc1Br. The number of alkyl halides is 13. The minimum atomic E-state index is -7.98. The van der Waals surface area contributed by atoms with Crippen molar-refractivity contribution in [2.24, 2.45) is 0 Å². The number of esters is 1. The number of carbonyl (C=O) groups is 1. The van der Waals surface area contributed by atoms with E-state index in [0.717, 1.165) is 50.7 Å². The van der Waals surface area contributed by atoms with Crippen LogP contribution in [0.2, 0.25) is 0 Å². The van der Waals surface area contributed by atoms with Gasteiger partial charge in [-0.2, -0.15) is 57.1 Å². The van der Waals surface area contributed by atoms with Gasteiger partial charge in [0.2, 0.25) is 0 Å². The monoisotopic (exact) mass is 674 g/mol. The van der Waals surface area contributed by atoms with Gasteiger partial charge in [0.25, 0.3) is 0 Å². The van der Waals surface area contributed by atoms with E-state index in [1.165, 1.54) is 6.07 Å². The molecule has 0 unspecified atom stereocenters. The molecule has 17 heteroatoms. The summed E-state index contributed by atoms with van der Waals surface area (Å²) in [6.07, 6.45) is -4.23. The quantitative estimate of drug-likeness (QED) is 0.0996. The molecule has 1 aromatic rings. The second kappa shape index (κ2) is 13.4. The molecule has 0 aliphatic carbocycles. The molecule has 0 amide bonds. The minimum Gasteiger partial charge on any atom is -0.492 e. The van der Waals surface area contributed by atoms with Gasteiger partial charge in [0, 0.05) is 0 Å². The van der Waals surface area contributed by atoms with Gasteiger partial charge in [0.1, 0.15) is 5.75 Å². The van der Waals surface area contributed by atoms with Gasteiger partial charge in [0.15, 0.2) is 0 Å². The number of hydrogen-bond donors (Lipinski definition) is 0. The highest BCUT2D eigenvalue weighted by Gasteiger charge is 2.90. The van der Waals surface area contributed by atoms with Crippen LogP contribution in [0, 0.1) is 0 Å². The van der Waals surface area contributed by atoms with Crippen LogP contribution >= 0.6 is 15.9 Å². The van der Waals surface area contributed by atoms with Crippen LogP contribution in [0.15, 0.2) is 22.7 Å². The maximum atomic E-state index is 13.8. The standard InChI is InChI=1S/C23H24BrF13O3/c1-2-3-4-5-6-7-11-39-16-9-8-14(13-15(16)24)17(38)40-12-10-18(25,26)19(27,28)20(29,30)21(31,32)22(33,34)23(35,36)37/h8-9,13H,2-7,10-12H2,1H3. The fourth-order valence-electron chi connectivity index (χ4n) is 3.12. The predicted octanol–water partition coefficient (Wildman–Crippen LogP) is 9.47. The molecule has 0 aliphatic heterocycles. The van der Waals surface area contributed by atoms with E-state index >= 15 is 0 Å². The maximum absolute atomic E-state index is 13.8. The van der Waals surface area contributed by atoms with E-state index in [-0.39, 0.29) is 15.8 Å². The van der Waals surface area contributed by atoms with Crippen molar-refractivity contribution in [3.63, 3.8) is 0 Å². The number of ether oxygens (including phenoxy) is 2. The van der Waals surface area contributed by atoms with Crippen LogP contribution in [0.3, 0.4) is 0 Å². The Bertz CT molecular complexity index is 981. The van der Waals surface area contributed by atoms with E-state index in [0.29, 0.717) is 6.61 Å². The summed E-state index contributed by atoms with van der Waals surface area (Å²) in [4.78, 5) is 12.0. The molecule has 0 saturated carbocycles. The van der Waals surface area contributed by atoms with Crippen molar-refractivity contribution in [2.75, 3.05) is 13.2 Å². The van der Waals surface area contributed by atoms with Gasteiger partial charge in [-0.15, -0.1) is 0 Å². The molecule has 40 heavy (non-hydrogen) atoms. The highest BCUT2D eigenvalue weighted by atomic mass is 79.9. The second-order valence-electron chi connectivity index (χ2n) is 8.65. The van der Waals surface area contributed by atoms with Gasteiger partial charge >= 0.3 is 41.8 Å². The van der Waals surface area contributed by atoms with Crippen LogP contribution in [0.5, 0.6) is 5.75 Å². The van der Waals surface area contributed by atoms with Gasteiger partial charge in [-0.05, 0) is 40.5 Å². The summed E-state index contributed by atoms with van der Waals surface area (Å²) >= 11 is 3.07. The van der Waals surface area contributed by atoms with Crippen LogP contribution in [-0.2, 0) is 4.74 Å². The Morgan fingerprint density at radius 3 is 1.77 bits per heavy atom. The van der Waals surface area contributed by atoms with E-state index in [4.69, 9.17) is 4.74 Å². The summed E-state index contributed by atoms with van der Waals surface area (Å²) in [6, 6.07) is 3.38. The largest absolute Gasteiger partial charge is 0.492 e. The molecule has 1 aromatic carbocycles. The van der Waals surface area contributed by atoms with E-state index in [1.54, 1.807) is 0 Å². The summed E-state index contributed by atoms with van der Waals surface area (Å²) in [5, 5.41) is 0. The molecular formula is C23H24BrF13O3. The van der Waals surface area contributed by atoms with Crippen molar-refractivity contribution in [3.8, 4) is 5.75 Å². The lowest BCUT2D eigenvalue weighted by Crippen LogP contribution is -2.70. The molecule has 0 aromatic heterocycles. The molecule has 232 valence electrons. The number of halogens is 14. The first-order valence-electron chi connectivity index (χ1n) is 11.6. The van der Waals surface area contributed by atoms with Crippen molar-refractivity contribution < 1.29 is 71.3 Å². The zero-order valence-electron chi connectivity index (χ0n) is 20.6. The van der Waals surface area contributed by atoms with Crippen LogP contribution < -0.4 is 4.74 Å². The first-order chi connectivity index (χ1) is 18.1. The van der Waals surface area contributed by atoms with Gasteiger partial charge in [-0.25, -0.2) is 4.79 Å². The summed E-state index contributed by atoms with van der Waals surface area (Å²) in [5.74, 6) is -38.6. The molecule has 0 atom stereocenters. The number of benzene rings is 1. The molecule has 0 spiro atoms. The molecule has 0 heterocycles. The van der Waals surface area contributed by atoms with Crippen molar-refractivity contribution in [1.82, 2.24) is 0 Å². The molecule has 0 bridgehead atoms. The third-order valence-corrected chi connectivity index (χ3v) is 6.19. The molecule has 0 aliphatic rings. The third kappa shape index (κ3) is 7.66. The lowest BCUT2D eigenvalue weighted by atomic mass is 9.93. The van der Waals surface area contributed by atoms with Crippen molar-refractivity contribution in [1.29, 1.82) is 0 Å². The molecule has 0 saturated heterocycles. The summed E-state index contributed by atoms with van der Waals surface area (Å²) in [5.41, 5.74) is -0.379. The Labute approximate surface area is 228 Å². The molecule has 0 radical (unpaired) electrons. The summed E-state index contributed by atoms with van der Waals surface area (Å²) in [6.45, 7) is 0.555. The third-order valence-electron chi connectivity index (χ3n) is 5.57. The lowest BCUT2D eigenvalue weighted by Gasteiger charge is -2.39. The Morgan fingerprint density at radius 2 is 1.25 bits per heavy atom. The molecular weight excluding hydrogens is 651 g/mol. The first kappa shape index (κ1) is 36.1. The molecule has 3 nitrogen and oxygen atoms in total. The first-order valence-corrected chi connectivity index (χ1v) is 12.4.